The molecule has 1 saturated heterocycles. The summed E-state index contributed by atoms with van der Waals surface area (Å²) in [5.41, 5.74) is -0.172. The number of hydrogen-bond donors (Lipinski definition) is 1. The van der Waals surface area contributed by atoms with Gasteiger partial charge >= 0.3 is 12.1 Å². The Hall–Kier alpha value is -4.12. The molecular weight excluding hydrogens is 481 g/mol. The first-order valence-electron chi connectivity index (χ1n) is 11.0. The molecule has 0 amide bonds. The number of fused-ring (bicyclic) bond motifs is 1. The Bertz CT molecular complexity index is 1370. The van der Waals surface area contributed by atoms with Crippen LogP contribution in [0.1, 0.15) is 12.6 Å². The monoisotopic (exact) mass is 504 g/mol. The van der Waals surface area contributed by atoms with E-state index in [4.69, 9.17) is 0 Å². The number of hydrogen-bond acceptors (Lipinski definition) is 9. The molecule has 0 aromatic carbocycles. The van der Waals surface area contributed by atoms with Gasteiger partial charge in [0, 0.05) is 39.4 Å². The topological polar surface area (TPSA) is 110 Å². The number of carbonyl (C=O) groups excluding carboxylic acids is 1. The Labute approximate surface area is 203 Å². The Kier molecular flexibility index (Phi) is 7.11. The summed E-state index contributed by atoms with van der Waals surface area (Å²) in [4.78, 5) is 44.7. The van der Waals surface area contributed by atoms with Crippen LogP contribution in [0.25, 0.3) is 11.2 Å². The summed E-state index contributed by atoms with van der Waals surface area (Å²) in [7, 11) is 1.32. The van der Waals surface area contributed by atoms with Crippen molar-refractivity contribution >= 4 is 29.0 Å². The zero-order valence-electron chi connectivity index (χ0n) is 19.5. The summed E-state index contributed by atoms with van der Waals surface area (Å²) in [6.45, 7) is 4.14. The molecule has 1 fully saturated rings. The highest BCUT2D eigenvalue weighted by atomic mass is 19.4. The van der Waals surface area contributed by atoms with Crippen LogP contribution in [0.3, 0.4) is 0 Å². The fraction of sp³-hybridized carbons (Fsp3) is 0.409. The van der Waals surface area contributed by atoms with Gasteiger partial charge in [0.2, 0.25) is 11.9 Å². The van der Waals surface area contributed by atoms with Gasteiger partial charge < -0.3 is 15.1 Å². The molecule has 1 N–H and O–H groups in total. The van der Waals surface area contributed by atoms with Crippen molar-refractivity contribution in [2.45, 2.75) is 26.2 Å². The van der Waals surface area contributed by atoms with Crippen molar-refractivity contribution in [1.82, 2.24) is 29.4 Å². The molecule has 1 aliphatic rings. The van der Waals surface area contributed by atoms with Crippen molar-refractivity contribution in [3.63, 3.8) is 0 Å². The van der Waals surface area contributed by atoms with Crippen molar-refractivity contribution in [2.24, 2.45) is 7.05 Å². The van der Waals surface area contributed by atoms with Crippen molar-refractivity contribution in [3.05, 3.63) is 40.4 Å². The first-order chi connectivity index (χ1) is 17.2. The van der Waals surface area contributed by atoms with E-state index in [1.807, 2.05) is 4.90 Å². The lowest BCUT2D eigenvalue weighted by molar-refractivity contribution is -0.201. The van der Waals surface area contributed by atoms with Crippen LogP contribution in [0.2, 0.25) is 0 Å². The van der Waals surface area contributed by atoms with E-state index in [-0.39, 0.29) is 35.9 Å². The number of rotatable bonds is 6. The molecule has 3 aromatic heterocycles. The predicted octanol–water partition coefficient (Wildman–Crippen LogP) is 0.985. The molecule has 36 heavy (non-hydrogen) atoms. The van der Waals surface area contributed by atoms with E-state index >= 15 is 0 Å². The molecule has 4 heterocycles. The van der Waals surface area contributed by atoms with Gasteiger partial charge in [-0.1, -0.05) is 12.0 Å². The molecule has 0 saturated carbocycles. The quantitative estimate of drug-likeness (QED) is 0.388. The van der Waals surface area contributed by atoms with Gasteiger partial charge in [-0.05, 0) is 19.1 Å². The number of carbonyl (C=O) groups is 1. The molecule has 0 bridgehead atoms. The van der Waals surface area contributed by atoms with Gasteiger partial charge in [0.05, 0.1) is 12.2 Å². The second kappa shape index (κ2) is 10.2. The first-order valence-corrected chi connectivity index (χ1v) is 11.0. The maximum atomic E-state index is 13.4. The summed E-state index contributed by atoms with van der Waals surface area (Å²) in [6, 6.07) is 4.78. The zero-order valence-corrected chi connectivity index (χ0v) is 19.5. The minimum Gasteiger partial charge on any atom is -0.340 e. The third-order valence-corrected chi connectivity index (χ3v) is 5.44. The van der Waals surface area contributed by atoms with Gasteiger partial charge in [-0.25, -0.2) is 4.79 Å². The Balaban J connectivity index is 1.85. The Morgan fingerprint density at radius 1 is 1.25 bits per heavy atom. The number of aromatic nitrogens is 5. The van der Waals surface area contributed by atoms with Gasteiger partial charge in [-0.2, -0.15) is 28.2 Å². The van der Waals surface area contributed by atoms with Crippen molar-refractivity contribution in [2.75, 3.05) is 36.1 Å². The van der Waals surface area contributed by atoms with Gasteiger partial charge in [-0.3, -0.25) is 18.9 Å². The van der Waals surface area contributed by atoms with Crippen molar-refractivity contribution in [3.8, 4) is 11.8 Å². The smallest absolute Gasteiger partial charge is 0.340 e. The van der Waals surface area contributed by atoms with Crippen LogP contribution in [-0.2, 0) is 29.8 Å². The average Bonchev–Trinajstić information content (AvgIpc) is 3.23. The average molecular weight is 504 g/mol. The van der Waals surface area contributed by atoms with E-state index in [0.29, 0.717) is 37.2 Å². The SMILES string of the molecule is CC#CCn1c(N2CCNCC2)nc2nc(N(Cc3ccccn3)OC(=O)C(F)(F)F)n(C)c(=O)c21. The standard InChI is InChI=1S/C22H23F3N8O3/c1-3-4-11-32-16-17(29-21(32)31-12-9-26-10-13-31)28-20(30(2)18(16)34)33(36-19(35)22(23,24)25)14-15-7-5-6-8-27-15/h5-8,26H,9-14H2,1-2H3. The predicted molar refractivity (Wildman–Crippen MR) is 124 cm³/mol. The maximum absolute atomic E-state index is 13.4. The largest absolute Gasteiger partial charge is 0.493 e. The molecule has 1 aliphatic heterocycles. The van der Waals surface area contributed by atoms with Gasteiger partial charge in [0.15, 0.2) is 11.2 Å². The lowest BCUT2D eigenvalue weighted by Crippen LogP contribution is -2.44. The van der Waals surface area contributed by atoms with E-state index in [1.165, 1.54) is 19.3 Å². The number of halogens is 3. The van der Waals surface area contributed by atoms with Crippen LogP contribution in [0.4, 0.5) is 25.1 Å². The van der Waals surface area contributed by atoms with Crippen LogP contribution < -0.4 is 20.8 Å². The number of nitrogens with zero attached hydrogens (tertiary/aromatic N) is 7. The summed E-state index contributed by atoms with van der Waals surface area (Å²) < 4.78 is 41.7. The van der Waals surface area contributed by atoms with Crippen LogP contribution in [-0.4, -0.2) is 62.4 Å². The number of piperazine rings is 1. The van der Waals surface area contributed by atoms with Gasteiger partial charge in [-0.15, -0.1) is 5.92 Å². The number of anilines is 2. The molecule has 0 atom stereocenters. The maximum Gasteiger partial charge on any atom is 0.493 e. The van der Waals surface area contributed by atoms with Crippen LogP contribution in [0.5, 0.6) is 0 Å². The highest BCUT2D eigenvalue weighted by molar-refractivity contribution is 5.78. The zero-order chi connectivity index (χ0) is 25.9. The highest BCUT2D eigenvalue weighted by Crippen LogP contribution is 2.24. The fourth-order valence-electron chi connectivity index (χ4n) is 3.71. The molecule has 0 unspecified atom stereocenters. The minimum atomic E-state index is -5.26. The third-order valence-electron chi connectivity index (χ3n) is 5.44. The van der Waals surface area contributed by atoms with Crippen LogP contribution >= 0.6 is 0 Å². The van der Waals surface area contributed by atoms with E-state index < -0.39 is 17.7 Å². The summed E-state index contributed by atoms with van der Waals surface area (Å²) in [5.74, 6) is 3.39. The van der Waals surface area contributed by atoms with Crippen molar-refractivity contribution < 1.29 is 22.8 Å². The fourth-order valence-corrected chi connectivity index (χ4v) is 3.71. The summed E-state index contributed by atoms with van der Waals surface area (Å²) in [5, 5.41) is 3.83. The van der Waals surface area contributed by atoms with E-state index in [0.717, 1.165) is 4.57 Å². The van der Waals surface area contributed by atoms with Crippen LogP contribution in [0.15, 0.2) is 29.2 Å². The second-order valence-corrected chi connectivity index (χ2v) is 7.84. The highest BCUT2D eigenvalue weighted by Gasteiger charge is 2.43. The summed E-state index contributed by atoms with van der Waals surface area (Å²) in [6.07, 6.45) is -3.83. The lowest BCUT2D eigenvalue weighted by Gasteiger charge is -2.28. The van der Waals surface area contributed by atoms with Gasteiger partial charge in [0.1, 0.15) is 6.54 Å². The van der Waals surface area contributed by atoms with Gasteiger partial charge in [0.25, 0.3) is 5.56 Å². The number of pyridine rings is 1. The molecular formula is C22H23F3N8O3. The molecule has 3 aromatic rings. The normalized spacial score (nSPS) is 13.9. The number of hydroxylamine groups is 1. The number of alkyl halides is 3. The molecule has 190 valence electrons. The number of nitrogens with one attached hydrogen (secondary N) is 1. The van der Waals surface area contributed by atoms with Crippen molar-refractivity contribution in [1.29, 1.82) is 0 Å². The molecule has 0 aliphatic carbocycles. The summed E-state index contributed by atoms with van der Waals surface area (Å²) >= 11 is 0. The molecule has 14 heteroatoms. The minimum absolute atomic E-state index is 0.00591. The van der Waals surface area contributed by atoms with Crippen LogP contribution in [0, 0.1) is 11.8 Å². The Morgan fingerprint density at radius 2 is 2.00 bits per heavy atom. The second-order valence-electron chi connectivity index (χ2n) is 7.84. The Morgan fingerprint density at radius 3 is 2.64 bits per heavy atom. The van der Waals surface area contributed by atoms with E-state index in [1.54, 1.807) is 23.6 Å². The molecule has 0 radical (unpaired) electrons. The first kappa shape index (κ1) is 25.0. The van der Waals surface area contributed by atoms with E-state index in [9.17, 15) is 22.8 Å². The molecule has 11 nitrogen and oxygen atoms in total. The lowest BCUT2D eigenvalue weighted by atomic mass is 10.3. The molecule has 0 spiro atoms. The molecule has 4 rings (SSSR count). The third kappa shape index (κ3) is 5.10. The number of imidazole rings is 1. The van der Waals surface area contributed by atoms with E-state index in [2.05, 4.69) is 36.9 Å².